The number of para-hydroxylation sites is 1. The van der Waals surface area contributed by atoms with Gasteiger partial charge in [-0.2, -0.15) is 0 Å². The zero-order valence-electron chi connectivity index (χ0n) is 14.3. The normalized spacial score (nSPS) is 14.3. The lowest BCUT2D eigenvalue weighted by atomic mass is 10.1. The largest absolute Gasteiger partial charge is 0.496 e. The Balaban J connectivity index is 1.78. The van der Waals surface area contributed by atoms with Crippen LogP contribution in [0.15, 0.2) is 40.9 Å². The van der Waals surface area contributed by atoms with Crippen molar-refractivity contribution in [2.24, 2.45) is 0 Å². The first-order valence-electron chi connectivity index (χ1n) is 8.17. The topological polar surface area (TPSA) is 50.8 Å². The third-order valence-electron chi connectivity index (χ3n) is 4.22. The maximum atomic E-state index is 12.6. The average molecular weight is 405 g/mol. The van der Waals surface area contributed by atoms with Crippen LogP contribution in [-0.2, 0) is 4.74 Å². The van der Waals surface area contributed by atoms with Gasteiger partial charge in [-0.05, 0) is 52.7 Å². The fourth-order valence-corrected chi connectivity index (χ4v) is 3.58. The van der Waals surface area contributed by atoms with Gasteiger partial charge in [-0.15, -0.1) is 0 Å². The predicted octanol–water partition coefficient (Wildman–Crippen LogP) is 3.86. The lowest BCUT2D eigenvalue weighted by Gasteiger charge is -2.29. The molecular weight excluding hydrogens is 384 g/mol. The Kier molecular flexibility index (Phi) is 5.60. The number of nitrogens with one attached hydrogen (secondary N) is 1. The van der Waals surface area contributed by atoms with Crippen molar-refractivity contribution in [2.75, 3.05) is 43.6 Å². The fraction of sp³-hybridized carbons (Fsp3) is 0.316. The van der Waals surface area contributed by atoms with Crippen molar-refractivity contribution >= 4 is 33.2 Å². The molecular formula is C19H21BrN2O3. The molecule has 1 fully saturated rings. The number of carbonyl (C=O) groups excluding carboxylic acids is 1. The Hall–Kier alpha value is -2.05. The number of aryl methyl sites for hydroxylation is 1. The number of nitrogens with zero attached hydrogens (tertiary/aromatic N) is 1. The van der Waals surface area contributed by atoms with Gasteiger partial charge in [0.25, 0.3) is 5.91 Å². The van der Waals surface area contributed by atoms with Gasteiger partial charge in [-0.1, -0.05) is 12.1 Å². The molecule has 1 aliphatic heterocycles. The molecule has 0 bridgehead atoms. The molecule has 0 aliphatic carbocycles. The summed E-state index contributed by atoms with van der Waals surface area (Å²) in [5.41, 5.74) is 3.29. The average Bonchev–Trinajstić information content (AvgIpc) is 2.62. The van der Waals surface area contributed by atoms with Crippen LogP contribution in [0.25, 0.3) is 0 Å². The van der Waals surface area contributed by atoms with E-state index in [-0.39, 0.29) is 5.91 Å². The van der Waals surface area contributed by atoms with Crippen LogP contribution in [-0.4, -0.2) is 39.3 Å². The van der Waals surface area contributed by atoms with E-state index in [4.69, 9.17) is 9.47 Å². The summed E-state index contributed by atoms with van der Waals surface area (Å²) in [5, 5.41) is 2.94. The van der Waals surface area contributed by atoms with Crippen molar-refractivity contribution in [3.05, 3.63) is 52.0 Å². The number of carbonyl (C=O) groups is 1. The molecule has 2 aromatic carbocycles. The van der Waals surface area contributed by atoms with E-state index in [1.165, 1.54) is 0 Å². The van der Waals surface area contributed by atoms with Crippen LogP contribution in [0.1, 0.15) is 15.9 Å². The Morgan fingerprint density at radius 3 is 2.68 bits per heavy atom. The highest BCUT2D eigenvalue weighted by Crippen LogP contribution is 2.30. The van der Waals surface area contributed by atoms with Crippen LogP contribution in [0, 0.1) is 6.92 Å². The summed E-state index contributed by atoms with van der Waals surface area (Å²) in [5.74, 6) is 0.413. The second kappa shape index (κ2) is 7.89. The molecule has 0 unspecified atom stereocenters. The van der Waals surface area contributed by atoms with Crippen LogP contribution < -0.4 is 15.0 Å². The summed E-state index contributed by atoms with van der Waals surface area (Å²) in [6, 6.07) is 11.4. The van der Waals surface area contributed by atoms with Crippen molar-refractivity contribution in [3.8, 4) is 5.75 Å². The minimum absolute atomic E-state index is 0.188. The minimum atomic E-state index is -0.188. The van der Waals surface area contributed by atoms with Gasteiger partial charge in [0.05, 0.1) is 31.6 Å². The summed E-state index contributed by atoms with van der Waals surface area (Å²) in [7, 11) is 1.58. The number of hydrogen-bond donors (Lipinski definition) is 1. The van der Waals surface area contributed by atoms with Gasteiger partial charge in [-0.3, -0.25) is 4.79 Å². The first-order chi connectivity index (χ1) is 12.1. The lowest BCUT2D eigenvalue weighted by Crippen LogP contribution is -2.36. The number of benzene rings is 2. The van der Waals surface area contributed by atoms with Gasteiger partial charge in [-0.25, -0.2) is 0 Å². The second-order valence-corrected chi connectivity index (χ2v) is 6.73. The van der Waals surface area contributed by atoms with E-state index in [9.17, 15) is 4.79 Å². The van der Waals surface area contributed by atoms with Gasteiger partial charge in [0.1, 0.15) is 5.75 Å². The zero-order valence-corrected chi connectivity index (χ0v) is 15.9. The molecule has 5 nitrogen and oxygen atoms in total. The van der Waals surface area contributed by atoms with Gasteiger partial charge < -0.3 is 19.7 Å². The standard InChI is InChI=1S/C19H21BrN2O3/c1-13-4-3-5-15(18(13)24-2)19(23)21-14-6-7-17(16(20)12-14)22-8-10-25-11-9-22/h3-7,12H,8-11H2,1-2H3,(H,21,23). The Morgan fingerprint density at radius 2 is 2.00 bits per heavy atom. The molecule has 0 aromatic heterocycles. The fourth-order valence-electron chi connectivity index (χ4n) is 2.95. The quantitative estimate of drug-likeness (QED) is 0.840. The van der Waals surface area contributed by atoms with Crippen LogP contribution in [0.4, 0.5) is 11.4 Å². The molecule has 25 heavy (non-hydrogen) atoms. The van der Waals surface area contributed by atoms with Crippen LogP contribution in [0.5, 0.6) is 5.75 Å². The molecule has 0 saturated carbocycles. The molecule has 0 radical (unpaired) electrons. The maximum absolute atomic E-state index is 12.6. The summed E-state index contributed by atoms with van der Waals surface area (Å²) in [6.07, 6.45) is 0. The molecule has 132 valence electrons. The SMILES string of the molecule is COc1c(C)cccc1C(=O)Nc1ccc(N2CCOCC2)c(Br)c1. The number of amides is 1. The highest BCUT2D eigenvalue weighted by atomic mass is 79.9. The van der Waals surface area contributed by atoms with E-state index in [0.29, 0.717) is 11.3 Å². The number of morpholine rings is 1. The van der Waals surface area contributed by atoms with Crippen LogP contribution >= 0.6 is 15.9 Å². The zero-order chi connectivity index (χ0) is 17.8. The third kappa shape index (κ3) is 3.96. The van der Waals surface area contributed by atoms with E-state index in [2.05, 4.69) is 26.1 Å². The highest BCUT2D eigenvalue weighted by Gasteiger charge is 2.17. The highest BCUT2D eigenvalue weighted by molar-refractivity contribution is 9.10. The van der Waals surface area contributed by atoms with E-state index in [1.807, 2.05) is 37.3 Å². The number of ether oxygens (including phenoxy) is 2. The molecule has 1 aliphatic rings. The van der Waals surface area contributed by atoms with Gasteiger partial charge in [0, 0.05) is 23.2 Å². The molecule has 0 atom stereocenters. The molecule has 1 amide bonds. The number of methoxy groups -OCH3 is 1. The number of hydrogen-bond acceptors (Lipinski definition) is 4. The molecule has 0 spiro atoms. The Morgan fingerprint density at radius 1 is 1.24 bits per heavy atom. The summed E-state index contributed by atoms with van der Waals surface area (Å²) >= 11 is 3.61. The predicted molar refractivity (Wildman–Crippen MR) is 103 cm³/mol. The van der Waals surface area contributed by atoms with E-state index < -0.39 is 0 Å². The second-order valence-electron chi connectivity index (χ2n) is 5.88. The summed E-state index contributed by atoms with van der Waals surface area (Å²) < 4.78 is 11.7. The first kappa shape index (κ1) is 17.8. The molecule has 6 heteroatoms. The van der Waals surface area contributed by atoms with Gasteiger partial charge in [0.15, 0.2) is 0 Å². The third-order valence-corrected chi connectivity index (χ3v) is 4.85. The van der Waals surface area contributed by atoms with Crippen LogP contribution in [0.3, 0.4) is 0 Å². The molecule has 1 N–H and O–H groups in total. The maximum Gasteiger partial charge on any atom is 0.259 e. The van der Waals surface area contributed by atoms with E-state index >= 15 is 0 Å². The monoisotopic (exact) mass is 404 g/mol. The van der Waals surface area contributed by atoms with Gasteiger partial charge >= 0.3 is 0 Å². The molecule has 1 heterocycles. The molecule has 3 rings (SSSR count). The Bertz CT molecular complexity index is 773. The van der Waals surface area contributed by atoms with Crippen molar-refractivity contribution < 1.29 is 14.3 Å². The van der Waals surface area contributed by atoms with Crippen molar-refractivity contribution in [1.82, 2.24) is 0 Å². The Labute approximate surface area is 156 Å². The van der Waals surface area contributed by atoms with E-state index in [1.54, 1.807) is 13.2 Å². The van der Waals surface area contributed by atoms with Crippen LogP contribution in [0.2, 0.25) is 0 Å². The van der Waals surface area contributed by atoms with Gasteiger partial charge in [0.2, 0.25) is 0 Å². The van der Waals surface area contributed by atoms with Crippen molar-refractivity contribution in [1.29, 1.82) is 0 Å². The van der Waals surface area contributed by atoms with E-state index in [0.717, 1.165) is 47.7 Å². The smallest absolute Gasteiger partial charge is 0.259 e. The number of halogens is 1. The number of rotatable bonds is 4. The molecule has 2 aromatic rings. The van der Waals surface area contributed by atoms with Crippen molar-refractivity contribution in [2.45, 2.75) is 6.92 Å². The number of anilines is 2. The summed E-state index contributed by atoms with van der Waals surface area (Å²) in [4.78, 5) is 14.9. The lowest BCUT2D eigenvalue weighted by molar-refractivity contribution is 0.102. The van der Waals surface area contributed by atoms with Crippen molar-refractivity contribution in [3.63, 3.8) is 0 Å². The first-order valence-corrected chi connectivity index (χ1v) is 8.96. The molecule has 1 saturated heterocycles. The minimum Gasteiger partial charge on any atom is -0.496 e. The summed E-state index contributed by atoms with van der Waals surface area (Å²) in [6.45, 7) is 5.12.